The van der Waals surface area contributed by atoms with Gasteiger partial charge >= 0.3 is 0 Å². The molecule has 0 spiro atoms. The zero-order valence-corrected chi connectivity index (χ0v) is 15.9. The first-order valence-corrected chi connectivity index (χ1v) is 9.68. The minimum absolute atomic E-state index is 0.346. The minimum Gasteiger partial charge on any atom is -0.330 e. The number of halogens is 2. The smallest absolute Gasteiger partial charge is 0.153 e. The molecular weight excluding hydrogens is 362 g/mol. The quantitative estimate of drug-likeness (QED) is 0.653. The van der Waals surface area contributed by atoms with Crippen LogP contribution in [-0.4, -0.2) is 42.3 Å². The molecule has 6 nitrogen and oxygen atoms in total. The summed E-state index contributed by atoms with van der Waals surface area (Å²) in [7, 11) is 0. The van der Waals surface area contributed by atoms with Crippen LogP contribution in [0.2, 0.25) is 0 Å². The molecule has 4 rings (SSSR count). The van der Waals surface area contributed by atoms with Crippen molar-refractivity contribution in [2.24, 2.45) is 0 Å². The molecule has 0 saturated carbocycles. The molecule has 1 aliphatic heterocycles. The van der Waals surface area contributed by atoms with Crippen molar-refractivity contribution in [3.63, 3.8) is 0 Å². The van der Waals surface area contributed by atoms with Crippen molar-refractivity contribution in [2.45, 2.75) is 45.3 Å². The van der Waals surface area contributed by atoms with Gasteiger partial charge in [0.15, 0.2) is 5.82 Å². The highest BCUT2D eigenvalue weighted by atomic mass is 19.1. The van der Waals surface area contributed by atoms with Gasteiger partial charge in [-0.1, -0.05) is 6.07 Å². The van der Waals surface area contributed by atoms with E-state index in [4.69, 9.17) is 0 Å². The standard InChI is InChI=1S/C20H24F2N6/c1-2-28-19(13-27-10-7-23-14-27)24-25-20(28)15-5-8-26(9-6-15)12-16-3-4-17(21)11-18(16)22/h3-4,7,10-11,14-15H,2,5-6,8-9,12-13H2,1H3. The lowest BCUT2D eigenvalue weighted by molar-refractivity contribution is 0.197. The average Bonchev–Trinajstić information content (AvgIpc) is 3.35. The van der Waals surface area contributed by atoms with Gasteiger partial charge in [-0.05, 0) is 38.9 Å². The summed E-state index contributed by atoms with van der Waals surface area (Å²) < 4.78 is 31.2. The third-order valence-corrected chi connectivity index (χ3v) is 5.42. The number of benzene rings is 1. The van der Waals surface area contributed by atoms with E-state index >= 15 is 0 Å². The first kappa shape index (κ1) is 18.7. The fourth-order valence-electron chi connectivity index (χ4n) is 3.90. The van der Waals surface area contributed by atoms with Gasteiger partial charge in [-0.2, -0.15) is 0 Å². The van der Waals surface area contributed by atoms with Gasteiger partial charge in [-0.3, -0.25) is 4.90 Å². The highest BCUT2D eigenvalue weighted by Gasteiger charge is 2.26. The third-order valence-electron chi connectivity index (χ3n) is 5.42. The largest absolute Gasteiger partial charge is 0.330 e. The van der Waals surface area contributed by atoms with E-state index in [1.807, 2.05) is 10.8 Å². The molecule has 0 amide bonds. The molecule has 0 unspecified atom stereocenters. The van der Waals surface area contributed by atoms with Crippen LogP contribution in [0.3, 0.4) is 0 Å². The second kappa shape index (κ2) is 8.18. The Labute approximate surface area is 162 Å². The zero-order valence-electron chi connectivity index (χ0n) is 15.9. The van der Waals surface area contributed by atoms with Crippen molar-refractivity contribution in [3.8, 4) is 0 Å². The molecule has 148 valence electrons. The lowest BCUT2D eigenvalue weighted by Crippen LogP contribution is -2.33. The van der Waals surface area contributed by atoms with E-state index < -0.39 is 11.6 Å². The molecular formula is C20H24F2N6. The van der Waals surface area contributed by atoms with E-state index in [9.17, 15) is 8.78 Å². The maximum Gasteiger partial charge on any atom is 0.153 e. The molecule has 0 atom stereocenters. The summed E-state index contributed by atoms with van der Waals surface area (Å²) in [5.41, 5.74) is 0.541. The van der Waals surface area contributed by atoms with Gasteiger partial charge in [0.1, 0.15) is 17.5 Å². The maximum atomic E-state index is 13.9. The highest BCUT2D eigenvalue weighted by Crippen LogP contribution is 2.28. The van der Waals surface area contributed by atoms with Crippen LogP contribution >= 0.6 is 0 Å². The zero-order chi connectivity index (χ0) is 19.5. The minimum atomic E-state index is -0.537. The molecule has 0 radical (unpaired) electrons. The fraction of sp³-hybridized carbons (Fsp3) is 0.450. The molecule has 8 heteroatoms. The molecule has 0 bridgehead atoms. The van der Waals surface area contributed by atoms with Gasteiger partial charge in [0.2, 0.25) is 0 Å². The van der Waals surface area contributed by atoms with E-state index in [0.29, 0.717) is 24.6 Å². The number of aromatic nitrogens is 5. The van der Waals surface area contributed by atoms with E-state index in [-0.39, 0.29) is 0 Å². The van der Waals surface area contributed by atoms with Crippen LogP contribution in [0.15, 0.2) is 36.9 Å². The number of imidazole rings is 1. The molecule has 1 aromatic carbocycles. The number of rotatable bonds is 6. The molecule has 3 aromatic rings. The van der Waals surface area contributed by atoms with Crippen LogP contribution in [0.4, 0.5) is 8.78 Å². The first-order chi connectivity index (χ1) is 13.6. The SMILES string of the molecule is CCn1c(Cn2ccnc2)nnc1C1CCN(Cc2ccc(F)cc2F)CC1. The summed E-state index contributed by atoms with van der Waals surface area (Å²) in [6.45, 7) is 5.81. The van der Waals surface area contributed by atoms with Gasteiger partial charge < -0.3 is 9.13 Å². The second-order valence-electron chi connectivity index (χ2n) is 7.24. The van der Waals surface area contributed by atoms with Gasteiger partial charge in [-0.25, -0.2) is 13.8 Å². The summed E-state index contributed by atoms with van der Waals surface area (Å²) in [6.07, 6.45) is 7.36. The van der Waals surface area contributed by atoms with E-state index in [0.717, 1.165) is 50.2 Å². The number of likely N-dealkylation sites (tertiary alicyclic amines) is 1. The summed E-state index contributed by atoms with van der Waals surface area (Å²) in [6, 6.07) is 3.80. The maximum absolute atomic E-state index is 13.9. The van der Waals surface area contributed by atoms with Gasteiger partial charge in [0.05, 0.1) is 12.9 Å². The van der Waals surface area contributed by atoms with Gasteiger partial charge in [0.25, 0.3) is 0 Å². The number of nitrogens with zero attached hydrogens (tertiary/aromatic N) is 6. The first-order valence-electron chi connectivity index (χ1n) is 9.68. The van der Waals surface area contributed by atoms with Crippen molar-refractivity contribution in [1.29, 1.82) is 0 Å². The Morgan fingerprint density at radius 1 is 1.11 bits per heavy atom. The van der Waals surface area contributed by atoms with Crippen LogP contribution in [0.25, 0.3) is 0 Å². The van der Waals surface area contributed by atoms with Crippen molar-refractivity contribution < 1.29 is 8.78 Å². The summed E-state index contributed by atoms with van der Waals surface area (Å²) in [5, 5.41) is 8.89. The number of piperidine rings is 1. The van der Waals surface area contributed by atoms with E-state index in [1.165, 1.54) is 12.1 Å². The Morgan fingerprint density at radius 3 is 2.61 bits per heavy atom. The Hall–Kier alpha value is -2.61. The summed E-state index contributed by atoms with van der Waals surface area (Å²) in [4.78, 5) is 6.29. The van der Waals surface area contributed by atoms with E-state index in [1.54, 1.807) is 12.5 Å². The van der Waals surface area contributed by atoms with Crippen molar-refractivity contribution >= 4 is 0 Å². The van der Waals surface area contributed by atoms with Crippen LogP contribution in [-0.2, 0) is 19.6 Å². The molecule has 1 saturated heterocycles. The Balaban J connectivity index is 1.40. The average molecular weight is 386 g/mol. The van der Waals surface area contributed by atoms with Crippen molar-refractivity contribution in [2.75, 3.05) is 13.1 Å². The molecule has 1 fully saturated rings. The summed E-state index contributed by atoms with van der Waals surface area (Å²) >= 11 is 0. The molecule has 3 heterocycles. The third kappa shape index (κ3) is 3.96. The van der Waals surface area contributed by atoms with Gasteiger partial charge in [-0.15, -0.1) is 10.2 Å². The Morgan fingerprint density at radius 2 is 1.93 bits per heavy atom. The topological polar surface area (TPSA) is 51.8 Å². The van der Waals surface area contributed by atoms with E-state index in [2.05, 4.69) is 31.6 Å². The monoisotopic (exact) mass is 386 g/mol. The van der Waals surface area contributed by atoms with Crippen molar-refractivity contribution in [1.82, 2.24) is 29.2 Å². The number of hydrogen-bond donors (Lipinski definition) is 0. The Kier molecular flexibility index (Phi) is 5.47. The molecule has 0 aliphatic carbocycles. The van der Waals surface area contributed by atoms with Crippen LogP contribution in [0.5, 0.6) is 0 Å². The highest BCUT2D eigenvalue weighted by molar-refractivity contribution is 5.18. The Bertz CT molecular complexity index is 913. The van der Waals surface area contributed by atoms with Crippen molar-refractivity contribution in [3.05, 3.63) is 65.8 Å². The fourth-order valence-corrected chi connectivity index (χ4v) is 3.90. The van der Waals surface area contributed by atoms with Gasteiger partial charge in [0, 0.05) is 43.0 Å². The normalized spacial score (nSPS) is 16.0. The predicted molar refractivity (Wildman–Crippen MR) is 101 cm³/mol. The molecule has 0 N–H and O–H groups in total. The predicted octanol–water partition coefficient (Wildman–Crippen LogP) is 3.20. The van der Waals surface area contributed by atoms with Crippen LogP contribution < -0.4 is 0 Å². The van der Waals surface area contributed by atoms with Crippen LogP contribution in [0, 0.1) is 11.6 Å². The molecule has 1 aliphatic rings. The lowest BCUT2D eigenvalue weighted by Gasteiger charge is -2.31. The van der Waals surface area contributed by atoms with Crippen LogP contribution in [0.1, 0.15) is 42.9 Å². The lowest BCUT2D eigenvalue weighted by atomic mass is 9.95. The number of hydrogen-bond acceptors (Lipinski definition) is 4. The molecule has 2 aromatic heterocycles. The second-order valence-corrected chi connectivity index (χ2v) is 7.24. The summed E-state index contributed by atoms with van der Waals surface area (Å²) in [5.74, 6) is 1.30. The molecule has 28 heavy (non-hydrogen) atoms.